The highest BCUT2D eigenvalue weighted by molar-refractivity contribution is 6.62. The van der Waals surface area contributed by atoms with Crippen LogP contribution in [-0.4, -0.2) is 61.8 Å². The molecule has 0 saturated carbocycles. The van der Waals surface area contributed by atoms with Gasteiger partial charge in [-0.15, -0.1) is 0 Å². The van der Waals surface area contributed by atoms with E-state index < -0.39 is 8.80 Å². The first-order valence-corrected chi connectivity index (χ1v) is 12.2. The van der Waals surface area contributed by atoms with Gasteiger partial charge in [0, 0.05) is 33.3 Å². The molecule has 1 unspecified atom stereocenters. The molecule has 0 fully saturated rings. The van der Waals surface area contributed by atoms with Crippen molar-refractivity contribution in [3.63, 3.8) is 0 Å². The van der Waals surface area contributed by atoms with Gasteiger partial charge in [0.05, 0.1) is 27.2 Å². The Balaban J connectivity index is 0. The van der Waals surface area contributed by atoms with Gasteiger partial charge in [-0.1, -0.05) is 58.8 Å². The minimum Gasteiger partial charge on any atom is -1.00 e. The van der Waals surface area contributed by atoms with E-state index in [4.69, 9.17) is 13.3 Å². The number of rotatable bonds is 17. The molecule has 6 heteroatoms. The third-order valence-electron chi connectivity index (χ3n) is 5.42. The molecule has 0 amide bonds. The van der Waals surface area contributed by atoms with Gasteiger partial charge in [-0.3, -0.25) is 0 Å². The second kappa shape index (κ2) is 16.3. The zero-order chi connectivity index (χ0) is 19.2. The smallest absolute Gasteiger partial charge is 0.503 e. The third kappa shape index (κ3) is 11.2. The lowest BCUT2D eigenvalue weighted by Gasteiger charge is -2.36. The van der Waals surface area contributed by atoms with E-state index in [2.05, 4.69) is 27.9 Å². The van der Waals surface area contributed by atoms with Crippen molar-refractivity contribution in [3.8, 4) is 0 Å². The molecule has 0 N–H and O–H groups in total. The van der Waals surface area contributed by atoms with Crippen LogP contribution in [-0.2, 0) is 13.3 Å². The highest BCUT2D eigenvalue weighted by Crippen LogP contribution is 2.33. The maximum Gasteiger partial charge on any atom is 0.503 e. The number of hydrogen-bond donors (Lipinski definition) is 0. The monoisotopic (exact) mass is 411 g/mol. The van der Waals surface area contributed by atoms with E-state index >= 15 is 0 Å². The maximum absolute atomic E-state index is 5.82. The van der Waals surface area contributed by atoms with Crippen LogP contribution in [0.1, 0.15) is 78.1 Å². The summed E-state index contributed by atoms with van der Waals surface area (Å²) in [5.41, 5.74) is 0.400. The largest absolute Gasteiger partial charge is 1.00 e. The molecule has 0 aromatic heterocycles. The topological polar surface area (TPSA) is 27.7 Å². The summed E-state index contributed by atoms with van der Waals surface area (Å²) in [6.45, 7) is 6.90. The number of halogens is 1. The van der Waals surface area contributed by atoms with E-state index in [1.165, 1.54) is 57.9 Å². The summed E-state index contributed by atoms with van der Waals surface area (Å²) in [6.07, 6.45) is 12.9. The Morgan fingerprint density at radius 3 is 1.65 bits per heavy atom. The molecule has 0 aromatic carbocycles. The van der Waals surface area contributed by atoms with E-state index in [0.29, 0.717) is 5.54 Å². The van der Waals surface area contributed by atoms with Crippen molar-refractivity contribution in [2.45, 2.75) is 83.6 Å². The molecule has 0 spiro atoms. The minimum absolute atomic E-state index is 0. The van der Waals surface area contributed by atoms with Crippen molar-refractivity contribution in [1.29, 1.82) is 0 Å². The van der Waals surface area contributed by atoms with Crippen LogP contribution in [0.15, 0.2) is 0 Å². The van der Waals surface area contributed by atoms with Crippen molar-refractivity contribution in [3.05, 3.63) is 0 Å². The summed E-state index contributed by atoms with van der Waals surface area (Å²) in [6, 6.07) is 0. The average molecular weight is 412 g/mol. The Morgan fingerprint density at radius 2 is 1.19 bits per heavy atom. The van der Waals surface area contributed by atoms with Crippen LogP contribution in [0, 0.1) is 0 Å². The van der Waals surface area contributed by atoms with Gasteiger partial charge in [-0.05, 0) is 12.8 Å². The van der Waals surface area contributed by atoms with Gasteiger partial charge in [-0.2, -0.15) is 0 Å². The maximum atomic E-state index is 5.82. The Bertz CT molecular complexity index is 307. The van der Waals surface area contributed by atoms with E-state index in [1.807, 2.05) is 0 Å². The van der Waals surface area contributed by atoms with Crippen molar-refractivity contribution < 1.29 is 30.2 Å². The van der Waals surface area contributed by atoms with Crippen LogP contribution in [0.25, 0.3) is 0 Å². The lowest BCUT2D eigenvalue weighted by molar-refractivity contribution is -0.890. The van der Waals surface area contributed by atoms with Crippen LogP contribution in [0.2, 0.25) is 5.54 Å². The first kappa shape index (κ1) is 28.6. The van der Waals surface area contributed by atoms with E-state index in [-0.39, 0.29) is 12.4 Å². The van der Waals surface area contributed by atoms with Crippen LogP contribution >= 0.6 is 0 Å². The second-order valence-corrected chi connectivity index (χ2v) is 11.2. The molecule has 0 rings (SSSR count). The summed E-state index contributed by atoms with van der Waals surface area (Å²) in [5, 5.41) is 0. The van der Waals surface area contributed by atoms with Crippen molar-refractivity contribution in [2.75, 3.05) is 48.5 Å². The van der Waals surface area contributed by atoms with Crippen molar-refractivity contribution in [1.82, 2.24) is 0 Å². The van der Waals surface area contributed by atoms with Crippen molar-refractivity contribution in [2.24, 2.45) is 0 Å². The highest BCUT2D eigenvalue weighted by Gasteiger charge is 2.47. The van der Waals surface area contributed by atoms with Gasteiger partial charge in [0.2, 0.25) is 0 Å². The molecule has 1 atom stereocenters. The Labute approximate surface area is 171 Å². The standard InChI is InChI=1S/C20H46NO3Si.ClH/c1-8-10-11-12-13-14-15-16-20(25(22-5,23-6)24-7)17-19-21(3,4)18-9-2;/h20H,8-19H2,1-7H3;1H/q+1;/p-1. The van der Waals surface area contributed by atoms with Crippen LogP contribution < -0.4 is 12.4 Å². The number of quaternary nitrogens is 1. The van der Waals surface area contributed by atoms with Gasteiger partial charge in [0.15, 0.2) is 0 Å². The lowest BCUT2D eigenvalue weighted by Crippen LogP contribution is -3.00. The fourth-order valence-electron chi connectivity index (χ4n) is 3.82. The summed E-state index contributed by atoms with van der Waals surface area (Å²) in [4.78, 5) is 0. The Kier molecular flexibility index (Phi) is 17.9. The fraction of sp³-hybridized carbons (Fsp3) is 1.00. The minimum atomic E-state index is -2.56. The van der Waals surface area contributed by atoms with Crippen LogP contribution in [0.4, 0.5) is 0 Å². The zero-order valence-electron chi connectivity index (χ0n) is 18.6. The zero-order valence-corrected chi connectivity index (χ0v) is 20.4. The summed E-state index contributed by atoms with van der Waals surface area (Å²) >= 11 is 0. The molecular formula is C20H46ClNO3Si. The molecule has 0 aliphatic heterocycles. The van der Waals surface area contributed by atoms with Gasteiger partial charge in [-0.25, -0.2) is 0 Å². The normalized spacial score (nSPS) is 13.5. The third-order valence-corrected chi connectivity index (χ3v) is 8.71. The highest BCUT2D eigenvalue weighted by atomic mass is 35.5. The Hall–Kier alpha value is 0.347. The number of unbranched alkanes of at least 4 members (excludes halogenated alkanes) is 6. The average Bonchev–Trinajstić information content (AvgIpc) is 2.59. The van der Waals surface area contributed by atoms with Gasteiger partial charge in [0.1, 0.15) is 0 Å². The molecule has 0 heterocycles. The van der Waals surface area contributed by atoms with E-state index in [0.717, 1.165) is 23.9 Å². The molecule has 4 nitrogen and oxygen atoms in total. The summed E-state index contributed by atoms with van der Waals surface area (Å²) < 4.78 is 18.5. The predicted octanol–water partition coefficient (Wildman–Crippen LogP) is 2.26. The van der Waals surface area contributed by atoms with Gasteiger partial charge >= 0.3 is 8.80 Å². The quantitative estimate of drug-likeness (QED) is 0.209. The molecule has 0 saturated heterocycles. The predicted molar refractivity (Wildman–Crippen MR) is 110 cm³/mol. The molecule has 160 valence electrons. The van der Waals surface area contributed by atoms with Gasteiger partial charge in [0.25, 0.3) is 0 Å². The lowest BCUT2D eigenvalue weighted by atomic mass is 10.1. The molecule has 0 radical (unpaired) electrons. The fourth-order valence-corrected chi connectivity index (χ4v) is 6.36. The second-order valence-electron chi connectivity index (χ2n) is 7.99. The van der Waals surface area contributed by atoms with E-state index in [9.17, 15) is 0 Å². The van der Waals surface area contributed by atoms with E-state index in [1.54, 1.807) is 21.3 Å². The first-order chi connectivity index (χ1) is 11.9. The molecule has 0 aliphatic rings. The van der Waals surface area contributed by atoms with Crippen LogP contribution in [0.5, 0.6) is 0 Å². The number of hydrogen-bond acceptors (Lipinski definition) is 3. The molecule has 26 heavy (non-hydrogen) atoms. The Morgan fingerprint density at radius 1 is 0.692 bits per heavy atom. The van der Waals surface area contributed by atoms with Gasteiger partial charge < -0.3 is 30.2 Å². The summed E-state index contributed by atoms with van der Waals surface area (Å²) in [5.74, 6) is 0. The van der Waals surface area contributed by atoms with Crippen molar-refractivity contribution >= 4 is 8.80 Å². The molecule has 0 aliphatic carbocycles. The van der Waals surface area contributed by atoms with Crippen LogP contribution in [0.3, 0.4) is 0 Å². The molecule has 0 bridgehead atoms. The molecule has 0 aromatic rings. The SMILES string of the molecule is CCCCCCCCCC(CC[N+](C)(C)CCC)[Si](OC)(OC)OC.[Cl-]. The summed E-state index contributed by atoms with van der Waals surface area (Å²) in [7, 11) is 7.34. The number of nitrogens with zero attached hydrogens (tertiary/aromatic N) is 1. The first-order valence-electron chi connectivity index (χ1n) is 10.4. The molecular weight excluding hydrogens is 366 g/mol.